The van der Waals surface area contributed by atoms with E-state index in [1.165, 1.54) is 6.42 Å². The van der Waals surface area contributed by atoms with Gasteiger partial charge in [-0.15, -0.1) is 0 Å². The van der Waals surface area contributed by atoms with E-state index >= 15 is 0 Å². The predicted octanol–water partition coefficient (Wildman–Crippen LogP) is 3.33. The summed E-state index contributed by atoms with van der Waals surface area (Å²) in [5.41, 5.74) is 6.71. The lowest BCUT2D eigenvalue weighted by molar-refractivity contribution is -0.0696. The maximum atomic E-state index is 10.4. The molecule has 0 aromatic heterocycles. The molecule has 108 valence electrons. The zero-order valence-corrected chi connectivity index (χ0v) is 11.8. The number of rotatable bonds is 3. The van der Waals surface area contributed by atoms with E-state index in [2.05, 4.69) is 12.2 Å². The molecule has 2 aliphatic carbocycles. The van der Waals surface area contributed by atoms with Crippen molar-refractivity contribution in [1.29, 1.82) is 0 Å². The van der Waals surface area contributed by atoms with Crippen molar-refractivity contribution < 1.29 is 9.84 Å². The number of aliphatic hydroxyl groups excluding tert-OH is 1. The summed E-state index contributed by atoms with van der Waals surface area (Å²) in [7, 11) is 0. The van der Waals surface area contributed by atoms with Gasteiger partial charge in [0.1, 0.15) is 5.75 Å². The van der Waals surface area contributed by atoms with Crippen molar-refractivity contribution in [2.75, 3.05) is 5.73 Å². The molecule has 21 heavy (non-hydrogen) atoms. The third kappa shape index (κ3) is 2.18. The highest BCUT2D eigenvalue weighted by molar-refractivity contribution is 5.93. The van der Waals surface area contributed by atoms with Gasteiger partial charge < -0.3 is 15.6 Å². The third-order valence-electron chi connectivity index (χ3n) is 4.84. The van der Waals surface area contributed by atoms with Crippen LogP contribution >= 0.6 is 0 Å². The molecule has 3 nitrogen and oxygen atoms in total. The lowest BCUT2D eigenvalue weighted by Crippen LogP contribution is -2.29. The number of allylic oxidation sites excluding steroid dienone is 2. The van der Waals surface area contributed by atoms with Gasteiger partial charge in [-0.05, 0) is 54.3 Å². The van der Waals surface area contributed by atoms with Gasteiger partial charge in [-0.3, -0.25) is 0 Å². The van der Waals surface area contributed by atoms with Gasteiger partial charge in [-0.25, -0.2) is 0 Å². The molecule has 3 heteroatoms. The number of nitrogen functional groups attached to an aromatic ring is 1. The molecular formula is C18H19NO2. The van der Waals surface area contributed by atoms with Crippen LogP contribution in [-0.2, 0) is 0 Å². The van der Waals surface area contributed by atoms with Crippen LogP contribution in [0.3, 0.4) is 0 Å². The van der Waals surface area contributed by atoms with Crippen molar-refractivity contribution in [3.63, 3.8) is 0 Å². The van der Waals surface area contributed by atoms with Crippen LogP contribution in [0.1, 0.15) is 12.8 Å². The lowest BCUT2D eigenvalue weighted by Gasteiger charge is -2.24. The molecule has 0 spiro atoms. The Morgan fingerprint density at radius 1 is 1.14 bits per heavy atom. The summed E-state index contributed by atoms with van der Waals surface area (Å²) in [6.07, 6.45) is 5.96. The minimum atomic E-state index is -0.733. The molecule has 1 saturated carbocycles. The Labute approximate surface area is 124 Å². The van der Waals surface area contributed by atoms with E-state index in [0.717, 1.165) is 22.9 Å². The van der Waals surface area contributed by atoms with Crippen LogP contribution < -0.4 is 10.5 Å². The smallest absolute Gasteiger partial charge is 0.200 e. The number of aliphatic hydroxyl groups is 1. The molecule has 0 heterocycles. The largest absolute Gasteiger partial charge is 0.465 e. The van der Waals surface area contributed by atoms with Gasteiger partial charge in [0, 0.05) is 17.0 Å². The van der Waals surface area contributed by atoms with Crippen molar-refractivity contribution in [3.05, 3.63) is 48.6 Å². The molecular weight excluding hydrogens is 262 g/mol. The maximum absolute atomic E-state index is 10.4. The Bertz CT molecular complexity index is 709. The number of nitrogens with two attached hydrogens (primary N) is 1. The first-order valence-electron chi connectivity index (χ1n) is 7.52. The minimum absolute atomic E-state index is 0.219. The van der Waals surface area contributed by atoms with Crippen LogP contribution in [-0.4, -0.2) is 11.4 Å². The number of fused-ring (bicyclic) bond motifs is 3. The van der Waals surface area contributed by atoms with E-state index in [9.17, 15) is 5.11 Å². The Morgan fingerprint density at radius 3 is 2.81 bits per heavy atom. The van der Waals surface area contributed by atoms with Crippen molar-refractivity contribution in [2.45, 2.75) is 19.1 Å². The molecule has 3 N–H and O–H groups in total. The fourth-order valence-electron chi connectivity index (χ4n) is 3.74. The number of hydrogen-bond acceptors (Lipinski definition) is 3. The average Bonchev–Trinajstić information content (AvgIpc) is 3.10. The van der Waals surface area contributed by atoms with Crippen LogP contribution in [0, 0.1) is 17.8 Å². The zero-order valence-electron chi connectivity index (χ0n) is 11.8. The van der Waals surface area contributed by atoms with Crippen molar-refractivity contribution >= 4 is 16.5 Å². The third-order valence-corrected chi connectivity index (χ3v) is 4.84. The average molecular weight is 281 g/mol. The Morgan fingerprint density at radius 2 is 2.05 bits per heavy atom. The molecule has 4 rings (SSSR count). The number of ether oxygens (including phenoxy) is 1. The number of hydrogen-bond donors (Lipinski definition) is 2. The van der Waals surface area contributed by atoms with E-state index in [-0.39, 0.29) is 5.92 Å². The summed E-state index contributed by atoms with van der Waals surface area (Å²) < 4.78 is 5.78. The highest BCUT2D eigenvalue weighted by atomic mass is 16.6. The molecule has 0 saturated heterocycles. The first kappa shape index (κ1) is 12.7. The van der Waals surface area contributed by atoms with Gasteiger partial charge in [0.05, 0.1) is 0 Å². The van der Waals surface area contributed by atoms with Crippen LogP contribution in [0.2, 0.25) is 0 Å². The quantitative estimate of drug-likeness (QED) is 0.515. The summed E-state index contributed by atoms with van der Waals surface area (Å²) in [5, 5.41) is 12.4. The molecule has 2 aromatic rings. The van der Waals surface area contributed by atoms with Gasteiger partial charge in [-0.1, -0.05) is 24.3 Å². The molecule has 1 fully saturated rings. The highest BCUT2D eigenvalue weighted by Crippen LogP contribution is 2.45. The number of benzene rings is 2. The first-order valence-corrected chi connectivity index (χ1v) is 7.52. The van der Waals surface area contributed by atoms with Gasteiger partial charge >= 0.3 is 0 Å². The van der Waals surface area contributed by atoms with Crippen LogP contribution in [0.15, 0.2) is 48.6 Å². The summed E-state index contributed by atoms with van der Waals surface area (Å²) in [6.45, 7) is 0. The summed E-state index contributed by atoms with van der Waals surface area (Å²) in [6, 6.07) is 11.6. The van der Waals surface area contributed by atoms with Gasteiger partial charge in [0.25, 0.3) is 0 Å². The van der Waals surface area contributed by atoms with E-state index in [4.69, 9.17) is 10.5 Å². The second-order valence-corrected chi connectivity index (χ2v) is 6.18. The Kier molecular flexibility index (Phi) is 2.89. The SMILES string of the molecule is Nc1cccc2cc(OC(O)C3CC4C=CC3C4)ccc12. The van der Waals surface area contributed by atoms with E-state index in [1.54, 1.807) is 0 Å². The summed E-state index contributed by atoms with van der Waals surface area (Å²) in [4.78, 5) is 0. The van der Waals surface area contributed by atoms with Crippen molar-refractivity contribution in [3.8, 4) is 5.75 Å². The molecule has 0 radical (unpaired) electrons. The van der Waals surface area contributed by atoms with Crippen LogP contribution in [0.4, 0.5) is 5.69 Å². The fourth-order valence-corrected chi connectivity index (χ4v) is 3.74. The van der Waals surface area contributed by atoms with Crippen molar-refractivity contribution in [1.82, 2.24) is 0 Å². The fraction of sp³-hybridized carbons (Fsp3) is 0.333. The van der Waals surface area contributed by atoms with Gasteiger partial charge in [0.15, 0.2) is 0 Å². The Balaban J connectivity index is 1.55. The van der Waals surface area contributed by atoms with Gasteiger partial charge in [-0.2, -0.15) is 0 Å². The van der Waals surface area contributed by atoms with Crippen LogP contribution in [0.25, 0.3) is 10.8 Å². The van der Waals surface area contributed by atoms with E-state index in [0.29, 0.717) is 17.6 Å². The summed E-state index contributed by atoms with van der Waals surface area (Å²) in [5.74, 6) is 2.03. The molecule has 2 aliphatic rings. The number of anilines is 1. The Hall–Kier alpha value is -2.00. The molecule has 0 amide bonds. The highest BCUT2D eigenvalue weighted by Gasteiger charge is 2.40. The molecule has 4 unspecified atom stereocenters. The minimum Gasteiger partial charge on any atom is -0.465 e. The first-order chi connectivity index (χ1) is 10.2. The van der Waals surface area contributed by atoms with E-state index in [1.807, 2.05) is 36.4 Å². The van der Waals surface area contributed by atoms with Crippen molar-refractivity contribution in [2.24, 2.45) is 17.8 Å². The molecule has 4 atom stereocenters. The second-order valence-electron chi connectivity index (χ2n) is 6.18. The predicted molar refractivity (Wildman–Crippen MR) is 83.8 cm³/mol. The maximum Gasteiger partial charge on any atom is 0.200 e. The molecule has 2 aromatic carbocycles. The molecule has 0 aliphatic heterocycles. The standard InChI is InChI=1S/C18H19NO2/c19-17-3-1-2-12-10-14(6-7-15(12)17)21-18(20)16-9-11-4-5-13(16)8-11/h1-7,10-11,13,16,18,20H,8-9,19H2. The topological polar surface area (TPSA) is 55.5 Å². The second kappa shape index (κ2) is 4.78. The zero-order chi connectivity index (χ0) is 14.4. The monoisotopic (exact) mass is 281 g/mol. The van der Waals surface area contributed by atoms with Crippen LogP contribution in [0.5, 0.6) is 5.75 Å². The molecule has 2 bridgehead atoms. The lowest BCUT2D eigenvalue weighted by atomic mass is 9.93. The normalized spacial score (nSPS) is 28.1. The summed E-state index contributed by atoms with van der Waals surface area (Å²) >= 11 is 0. The van der Waals surface area contributed by atoms with Gasteiger partial charge in [0.2, 0.25) is 6.29 Å². The van der Waals surface area contributed by atoms with E-state index < -0.39 is 6.29 Å².